The van der Waals surface area contributed by atoms with Gasteiger partial charge in [-0.05, 0) is 17.7 Å². The molecule has 1 aliphatic heterocycles. The number of halogens is 1. The molecular weight excluding hydrogens is 360 g/mol. The van der Waals surface area contributed by atoms with Gasteiger partial charge in [0.25, 0.3) is 0 Å². The maximum Gasteiger partial charge on any atom is 0.163 e. The van der Waals surface area contributed by atoms with Crippen LogP contribution in [0.1, 0.15) is 5.56 Å². The highest BCUT2D eigenvalue weighted by Gasteiger charge is 2.15. The molecule has 0 radical (unpaired) electrons. The van der Waals surface area contributed by atoms with Crippen LogP contribution in [-0.2, 0) is 11.3 Å². The third-order valence-electron chi connectivity index (χ3n) is 4.47. The van der Waals surface area contributed by atoms with E-state index in [1.165, 1.54) is 0 Å². The minimum atomic E-state index is 0.672. The van der Waals surface area contributed by atoms with E-state index in [9.17, 15) is 0 Å². The fourth-order valence-corrected chi connectivity index (χ4v) is 3.12. The molecule has 0 spiro atoms. The van der Waals surface area contributed by atoms with E-state index in [0.29, 0.717) is 6.54 Å². The van der Waals surface area contributed by atoms with Crippen molar-refractivity contribution in [2.24, 2.45) is 0 Å². The van der Waals surface area contributed by atoms with Gasteiger partial charge >= 0.3 is 0 Å². The molecule has 1 aliphatic rings. The summed E-state index contributed by atoms with van der Waals surface area (Å²) < 4.78 is 5.47. The average Bonchev–Trinajstić information content (AvgIpc) is 2.74. The number of benzene rings is 2. The molecule has 0 aliphatic carbocycles. The maximum absolute atomic E-state index is 5.97. The van der Waals surface area contributed by atoms with Gasteiger partial charge in [-0.25, -0.2) is 9.97 Å². The fourth-order valence-electron chi connectivity index (χ4n) is 2.99. The third kappa shape index (κ3) is 4.56. The highest BCUT2D eigenvalue weighted by Crippen LogP contribution is 2.23. The van der Waals surface area contributed by atoms with Gasteiger partial charge in [0.1, 0.15) is 11.6 Å². The van der Waals surface area contributed by atoms with E-state index in [4.69, 9.17) is 26.3 Å². The number of hydrogen-bond donors (Lipinski definition) is 1. The Labute approximate surface area is 164 Å². The SMILES string of the molecule is Clc1ccc(CNc2cc(N3CCOCC3)nc(-c3ccccc3)n2)cc1. The molecular formula is C21H21ClN4O. The van der Waals surface area contributed by atoms with Gasteiger partial charge in [0.15, 0.2) is 5.82 Å². The molecule has 0 unspecified atom stereocenters. The summed E-state index contributed by atoms with van der Waals surface area (Å²) >= 11 is 5.97. The second kappa shape index (κ2) is 8.37. The Morgan fingerprint density at radius 2 is 1.70 bits per heavy atom. The lowest BCUT2D eigenvalue weighted by Crippen LogP contribution is -2.36. The first-order valence-electron chi connectivity index (χ1n) is 9.03. The first kappa shape index (κ1) is 17.8. The van der Waals surface area contributed by atoms with E-state index in [1.54, 1.807) is 0 Å². The molecule has 0 saturated carbocycles. The van der Waals surface area contributed by atoms with E-state index in [0.717, 1.165) is 59.9 Å². The Balaban J connectivity index is 1.61. The Bertz CT molecular complexity index is 880. The lowest BCUT2D eigenvalue weighted by atomic mass is 10.2. The Morgan fingerprint density at radius 1 is 0.963 bits per heavy atom. The molecule has 1 saturated heterocycles. The molecule has 1 aromatic heterocycles. The Hall–Kier alpha value is -2.63. The van der Waals surface area contributed by atoms with Gasteiger partial charge in [-0.3, -0.25) is 0 Å². The monoisotopic (exact) mass is 380 g/mol. The van der Waals surface area contributed by atoms with Crippen molar-refractivity contribution < 1.29 is 4.74 Å². The molecule has 138 valence electrons. The number of morpholine rings is 1. The predicted octanol–water partition coefficient (Wildman–Crippen LogP) is 4.25. The van der Waals surface area contributed by atoms with Crippen molar-refractivity contribution in [3.8, 4) is 11.4 Å². The van der Waals surface area contributed by atoms with Crippen LogP contribution in [-0.4, -0.2) is 36.3 Å². The van der Waals surface area contributed by atoms with Crippen LogP contribution in [0, 0.1) is 0 Å². The zero-order valence-corrected chi connectivity index (χ0v) is 15.7. The molecule has 0 atom stereocenters. The molecule has 0 amide bonds. The minimum Gasteiger partial charge on any atom is -0.378 e. The molecule has 0 bridgehead atoms. The number of anilines is 2. The lowest BCUT2D eigenvalue weighted by molar-refractivity contribution is 0.122. The summed E-state index contributed by atoms with van der Waals surface area (Å²) in [5.74, 6) is 2.45. The van der Waals surface area contributed by atoms with Gasteiger partial charge in [0.05, 0.1) is 13.2 Å². The van der Waals surface area contributed by atoms with Gasteiger partial charge < -0.3 is 15.0 Å². The second-order valence-electron chi connectivity index (χ2n) is 6.38. The van der Waals surface area contributed by atoms with Crippen molar-refractivity contribution in [1.29, 1.82) is 0 Å². The maximum atomic E-state index is 5.97. The van der Waals surface area contributed by atoms with Gasteiger partial charge in [0, 0.05) is 36.3 Å². The molecule has 5 nitrogen and oxygen atoms in total. The van der Waals surface area contributed by atoms with Crippen LogP contribution in [0.3, 0.4) is 0 Å². The predicted molar refractivity (Wildman–Crippen MR) is 109 cm³/mol. The quantitative estimate of drug-likeness (QED) is 0.717. The summed E-state index contributed by atoms with van der Waals surface area (Å²) in [4.78, 5) is 11.8. The number of ether oxygens (including phenoxy) is 1. The molecule has 2 heterocycles. The van der Waals surface area contributed by atoms with Crippen LogP contribution in [0.2, 0.25) is 5.02 Å². The van der Waals surface area contributed by atoms with Crippen LogP contribution in [0.15, 0.2) is 60.7 Å². The molecule has 6 heteroatoms. The van der Waals surface area contributed by atoms with Crippen LogP contribution in [0.4, 0.5) is 11.6 Å². The van der Waals surface area contributed by atoms with Crippen molar-refractivity contribution in [3.63, 3.8) is 0 Å². The number of nitrogens with zero attached hydrogens (tertiary/aromatic N) is 3. The van der Waals surface area contributed by atoms with Crippen molar-refractivity contribution >= 4 is 23.2 Å². The molecule has 1 fully saturated rings. The largest absolute Gasteiger partial charge is 0.378 e. The van der Waals surface area contributed by atoms with E-state index >= 15 is 0 Å². The van der Waals surface area contributed by atoms with Gasteiger partial charge in [0.2, 0.25) is 0 Å². The molecule has 4 rings (SSSR count). The number of rotatable bonds is 5. The first-order valence-corrected chi connectivity index (χ1v) is 9.41. The summed E-state index contributed by atoms with van der Waals surface area (Å²) in [6.45, 7) is 3.78. The van der Waals surface area contributed by atoms with Crippen molar-refractivity contribution in [2.45, 2.75) is 6.54 Å². The number of aromatic nitrogens is 2. The number of nitrogens with one attached hydrogen (secondary N) is 1. The summed E-state index contributed by atoms with van der Waals surface area (Å²) in [7, 11) is 0. The van der Waals surface area contributed by atoms with Crippen LogP contribution >= 0.6 is 11.6 Å². The smallest absolute Gasteiger partial charge is 0.163 e. The van der Waals surface area contributed by atoms with Gasteiger partial charge in [-0.15, -0.1) is 0 Å². The van der Waals surface area contributed by atoms with E-state index in [2.05, 4.69) is 10.2 Å². The summed E-state index contributed by atoms with van der Waals surface area (Å²) in [6.07, 6.45) is 0. The standard InChI is InChI=1S/C21H21ClN4O/c22-18-8-6-16(7-9-18)15-23-19-14-20(26-10-12-27-13-11-26)25-21(24-19)17-4-2-1-3-5-17/h1-9,14H,10-13,15H2,(H,23,24,25). The molecule has 1 N–H and O–H groups in total. The fraction of sp³-hybridized carbons (Fsp3) is 0.238. The molecule has 2 aromatic carbocycles. The van der Waals surface area contributed by atoms with Crippen molar-refractivity contribution in [3.05, 3.63) is 71.2 Å². The van der Waals surface area contributed by atoms with Crippen molar-refractivity contribution in [2.75, 3.05) is 36.5 Å². The zero-order chi connectivity index (χ0) is 18.5. The average molecular weight is 381 g/mol. The van der Waals surface area contributed by atoms with Gasteiger partial charge in [-0.2, -0.15) is 0 Å². The topological polar surface area (TPSA) is 50.3 Å². The molecule has 27 heavy (non-hydrogen) atoms. The summed E-state index contributed by atoms with van der Waals surface area (Å²) in [5.41, 5.74) is 2.15. The van der Waals surface area contributed by atoms with E-state index in [1.807, 2.05) is 60.7 Å². The number of hydrogen-bond acceptors (Lipinski definition) is 5. The minimum absolute atomic E-state index is 0.672. The van der Waals surface area contributed by atoms with Crippen LogP contribution < -0.4 is 10.2 Å². The lowest BCUT2D eigenvalue weighted by Gasteiger charge is -2.28. The highest BCUT2D eigenvalue weighted by atomic mass is 35.5. The van der Waals surface area contributed by atoms with Crippen LogP contribution in [0.25, 0.3) is 11.4 Å². The third-order valence-corrected chi connectivity index (χ3v) is 4.72. The Morgan fingerprint density at radius 3 is 2.44 bits per heavy atom. The van der Waals surface area contributed by atoms with Gasteiger partial charge in [-0.1, -0.05) is 54.1 Å². The van der Waals surface area contributed by atoms with E-state index < -0.39 is 0 Å². The van der Waals surface area contributed by atoms with E-state index in [-0.39, 0.29) is 0 Å². The highest BCUT2D eigenvalue weighted by molar-refractivity contribution is 6.30. The van der Waals surface area contributed by atoms with Crippen LogP contribution in [0.5, 0.6) is 0 Å². The zero-order valence-electron chi connectivity index (χ0n) is 14.9. The second-order valence-corrected chi connectivity index (χ2v) is 6.82. The summed E-state index contributed by atoms with van der Waals surface area (Å²) in [5, 5.41) is 4.16. The Kier molecular flexibility index (Phi) is 5.51. The first-order chi connectivity index (χ1) is 13.3. The summed E-state index contributed by atoms with van der Waals surface area (Å²) in [6, 6.07) is 19.9. The normalized spacial score (nSPS) is 14.2. The van der Waals surface area contributed by atoms with Crippen molar-refractivity contribution in [1.82, 2.24) is 9.97 Å². The molecule has 3 aromatic rings.